The van der Waals surface area contributed by atoms with Crippen molar-refractivity contribution in [3.8, 4) is 34.3 Å². The molecular weight excluding hydrogens is 303 g/mol. The van der Waals surface area contributed by atoms with Crippen molar-refractivity contribution in [3.05, 3.63) is 60.7 Å². The van der Waals surface area contributed by atoms with E-state index in [1.165, 1.54) is 8.70 Å². The van der Waals surface area contributed by atoms with Gasteiger partial charge in [-0.15, -0.1) is 0 Å². The quantitative estimate of drug-likeness (QED) is 0.586. The summed E-state index contributed by atoms with van der Waals surface area (Å²) in [6.45, 7) is 1.77. The topological polar surface area (TPSA) is 0 Å². The van der Waals surface area contributed by atoms with Gasteiger partial charge in [0.1, 0.15) is 0 Å². The van der Waals surface area contributed by atoms with Crippen LogP contribution in [0.25, 0.3) is 0 Å². The van der Waals surface area contributed by atoms with Gasteiger partial charge < -0.3 is 0 Å². The van der Waals surface area contributed by atoms with E-state index in [1.54, 1.807) is 6.92 Å². The van der Waals surface area contributed by atoms with Gasteiger partial charge in [0.25, 0.3) is 0 Å². The summed E-state index contributed by atoms with van der Waals surface area (Å²) in [5.74, 6) is 14.0. The standard InChI is InChI=1S/C19H13As/c1-2-3-4-5-12-17-20(18-13-8-6-9-14-18)19-15-10-7-11-16-19/h6-11,13-16H,1H3. The van der Waals surface area contributed by atoms with Crippen LogP contribution in [0.15, 0.2) is 60.7 Å². The Labute approximate surface area is 125 Å². The van der Waals surface area contributed by atoms with Gasteiger partial charge >= 0.3 is 125 Å². The molecule has 20 heavy (non-hydrogen) atoms. The predicted molar refractivity (Wildman–Crippen MR) is 86.9 cm³/mol. The molecule has 2 aromatic rings. The molecule has 0 nitrogen and oxygen atoms in total. The molecule has 94 valence electrons. The first-order valence-electron chi connectivity index (χ1n) is 6.24. The number of hydrogen-bond donors (Lipinski definition) is 0. The third-order valence-electron chi connectivity index (χ3n) is 2.51. The Kier molecular flexibility index (Phi) is 5.62. The SMILES string of the molecule is CC#CC#CC#C[As](c1ccccc1)c1ccccc1. The van der Waals surface area contributed by atoms with Gasteiger partial charge in [-0.2, -0.15) is 0 Å². The van der Waals surface area contributed by atoms with E-state index >= 15 is 0 Å². The van der Waals surface area contributed by atoms with Crippen LogP contribution in [0.5, 0.6) is 0 Å². The van der Waals surface area contributed by atoms with Gasteiger partial charge in [-0.3, -0.25) is 0 Å². The Bertz CT molecular complexity index is 687. The molecule has 0 atom stereocenters. The molecule has 0 amide bonds. The number of rotatable bonds is 2. The maximum absolute atomic E-state index is 3.37. The second-order valence-electron chi connectivity index (χ2n) is 3.87. The second-order valence-corrected chi connectivity index (χ2v) is 7.91. The van der Waals surface area contributed by atoms with Gasteiger partial charge in [0.05, 0.1) is 0 Å². The first-order chi connectivity index (χ1) is 9.92. The molecule has 2 rings (SSSR count). The third kappa shape index (κ3) is 4.11. The van der Waals surface area contributed by atoms with Crippen LogP contribution in [-0.2, 0) is 0 Å². The van der Waals surface area contributed by atoms with Gasteiger partial charge in [0.2, 0.25) is 0 Å². The Hall–Kier alpha value is -2.32. The third-order valence-corrected chi connectivity index (χ3v) is 6.63. The van der Waals surface area contributed by atoms with Crippen LogP contribution in [0, 0.1) is 34.3 Å². The van der Waals surface area contributed by atoms with E-state index < -0.39 is 14.7 Å². The minimum absolute atomic E-state index is 1.32. The van der Waals surface area contributed by atoms with Crippen molar-refractivity contribution in [2.75, 3.05) is 0 Å². The molecule has 0 aliphatic carbocycles. The molecule has 0 heterocycles. The van der Waals surface area contributed by atoms with Crippen molar-refractivity contribution in [2.24, 2.45) is 0 Å². The van der Waals surface area contributed by atoms with Crippen LogP contribution in [-0.4, -0.2) is 14.7 Å². The van der Waals surface area contributed by atoms with E-state index in [2.05, 4.69) is 82.8 Å². The van der Waals surface area contributed by atoms with E-state index in [9.17, 15) is 0 Å². The summed E-state index contributed by atoms with van der Waals surface area (Å²) in [6, 6.07) is 20.9. The summed E-state index contributed by atoms with van der Waals surface area (Å²) in [6.07, 6.45) is 0. The molecule has 0 bridgehead atoms. The average Bonchev–Trinajstić information content (AvgIpc) is 2.53. The Balaban J connectivity index is 2.36. The first kappa shape index (κ1) is 14.1. The molecule has 0 aromatic heterocycles. The molecular formula is C19H13As. The van der Waals surface area contributed by atoms with Crippen molar-refractivity contribution < 1.29 is 0 Å². The molecule has 0 spiro atoms. The van der Waals surface area contributed by atoms with Crippen molar-refractivity contribution in [1.82, 2.24) is 0 Å². The molecule has 0 saturated heterocycles. The van der Waals surface area contributed by atoms with E-state index in [-0.39, 0.29) is 0 Å². The Morgan fingerprint density at radius 2 is 1.15 bits per heavy atom. The molecule has 0 N–H and O–H groups in total. The van der Waals surface area contributed by atoms with Crippen LogP contribution < -0.4 is 8.70 Å². The monoisotopic (exact) mass is 316 g/mol. The molecule has 0 radical (unpaired) electrons. The van der Waals surface area contributed by atoms with E-state index in [0.29, 0.717) is 0 Å². The van der Waals surface area contributed by atoms with Gasteiger partial charge in [-0.05, 0) is 0 Å². The summed E-state index contributed by atoms with van der Waals surface area (Å²) in [4.78, 5) is 0. The zero-order chi connectivity index (χ0) is 14.0. The van der Waals surface area contributed by atoms with Crippen molar-refractivity contribution in [2.45, 2.75) is 6.92 Å². The van der Waals surface area contributed by atoms with Gasteiger partial charge in [-0.25, -0.2) is 0 Å². The molecule has 0 fully saturated rings. The number of hydrogen-bond acceptors (Lipinski definition) is 0. The van der Waals surface area contributed by atoms with Crippen LogP contribution in [0.4, 0.5) is 0 Å². The van der Waals surface area contributed by atoms with E-state index in [0.717, 1.165) is 0 Å². The van der Waals surface area contributed by atoms with E-state index in [1.807, 2.05) is 12.1 Å². The fourth-order valence-electron chi connectivity index (χ4n) is 1.64. The van der Waals surface area contributed by atoms with Crippen molar-refractivity contribution in [1.29, 1.82) is 0 Å². The van der Waals surface area contributed by atoms with Crippen LogP contribution >= 0.6 is 0 Å². The fourth-order valence-corrected chi connectivity index (χ4v) is 5.13. The molecule has 0 saturated carbocycles. The van der Waals surface area contributed by atoms with Crippen molar-refractivity contribution in [3.63, 3.8) is 0 Å². The van der Waals surface area contributed by atoms with E-state index in [4.69, 9.17) is 0 Å². The normalized spacial score (nSPS) is 8.50. The first-order valence-corrected chi connectivity index (χ1v) is 9.06. The summed E-state index contributed by atoms with van der Waals surface area (Å²) in [5, 5.41) is 0. The number of benzene rings is 2. The van der Waals surface area contributed by atoms with Crippen molar-refractivity contribution >= 4 is 23.4 Å². The van der Waals surface area contributed by atoms with Crippen LogP contribution in [0.1, 0.15) is 6.92 Å². The Morgan fingerprint density at radius 1 is 0.650 bits per heavy atom. The summed E-state index contributed by atoms with van der Waals surface area (Å²) >= 11 is -1.59. The van der Waals surface area contributed by atoms with Crippen LogP contribution in [0.2, 0.25) is 0 Å². The minimum atomic E-state index is -1.59. The van der Waals surface area contributed by atoms with Gasteiger partial charge in [-0.1, -0.05) is 0 Å². The summed E-state index contributed by atoms with van der Waals surface area (Å²) in [5.41, 5.74) is 0. The van der Waals surface area contributed by atoms with Gasteiger partial charge in [0.15, 0.2) is 0 Å². The molecule has 0 aliphatic heterocycles. The summed E-state index contributed by atoms with van der Waals surface area (Å²) < 4.78 is 6.01. The van der Waals surface area contributed by atoms with Crippen LogP contribution in [0.3, 0.4) is 0 Å². The molecule has 0 aliphatic rings. The summed E-state index contributed by atoms with van der Waals surface area (Å²) in [7, 11) is 0. The fraction of sp³-hybridized carbons (Fsp3) is 0.0526. The maximum atomic E-state index is 3.37. The van der Waals surface area contributed by atoms with Gasteiger partial charge in [0, 0.05) is 0 Å². The second kappa shape index (κ2) is 7.97. The zero-order valence-electron chi connectivity index (χ0n) is 11.2. The molecule has 1 heteroatoms. The predicted octanol–water partition coefficient (Wildman–Crippen LogP) is 1.86. The average molecular weight is 316 g/mol. The molecule has 2 aromatic carbocycles. The molecule has 0 unspecified atom stereocenters. The zero-order valence-corrected chi connectivity index (χ0v) is 13.1. The Morgan fingerprint density at radius 3 is 1.65 bits per heavy atom.